The highest BCUT2D eigenvalue weighted by Gasteiger charge is 2.29. The van der Waals surface area contributed by atoms with Gasteiger partial charge in [0.1, 0.15) is 0 Å². The van der Waals surface area contributed by atoms with Gasteiger partial charge in [-0.1, -0.05) is 37.3 Å². The van der Waals surface area contributed by atoms with E-state index in [1.807, 2.05) is 7.05 Å². The predicted octanol–water partition coefficient (Wildman–Crippen LogP) is 3.40. The van der Waals surface area contributed by atoms with Crippen molar-refractivity contribution in [3.63, 3.8) is 0 Å². The highest BCUT2D eigenvalue weighted by Crippen LogP contribution is 2.32. The van der Waals surface area contributed by atoms with Crippen LogP contribution in [0.4, 0.5) is 0 Å². The minimum absolute atomic E-state index is 0. The van der Waals surface area contributed by atoms with E-state index in [9.17, 15) is 0 Å². The third-order valence-electron chi connectivity index (χ3n) is 5.81. The molecule has 2 saturated heterocycles. The summed E-state index contributed by atoms with van der Waals surface area (Å²) in [5.41, 5.74) is 1.49. The Bertz CT molecular complexity index is 548. The number of rotatable bonds is 3. The highest BCUT2D eigenvalue weighted by molar-refractivity contribution is 14.0. The number of halogens is 1. The summed E-state index contributed by atoms with van der Waals surface area (Å²) in [5, 5.41) is 3.62. The second-order valence-electron chi connectivity index (χ2n) is 7.43. The molecule has 0 aromatic heterocycles. The Morgan fingerprint density at radius 2 is 1.96 bits per heavy atom. The Morgan fingerprint density at radius 3 is 2.56 bits per heavy atom. The Balaban J connectivity index is 0.00000225. The molecule has 0 saturated carbocycles. The first-order chi connectivity index (χ1) is 11.7. The van der Waals surface area contributed by atoms with Crippen LogP contribution in [-0.2, 0) is 0 Å². The van der Waals surface area contributed by atoms with Crippen molar-refractivity contribution in [2.75, 3.05) is 40.3 Å². The van der Waals surface area contributed by atoms with Crippen molar-refractivity contribution in [2.45, 2.75) is 38.1 Å². The lowest BCUT2D eigenvalue weighted by Crippen LogP contribution is -2.50. The molecular formula is C20H33IN4. The van der Waals surface area contributed by atoms with Crippen LogP contribution in [0.5, 0.6) is 0 Å². The van der Waals surface area contributed by atoms with Crippen LogP contribution >= 0.6 is 24.0 Å². The van der Waals surface area contributed by atoms with Gasteiger partial charge in [0.25, 0.3) is 0 Å². The smallest absolute Gasteiger partial charge is 0.193 e. The molecule has 3 atom stereocenters. The van der Waals surface area contributed by atoms with Gasteiger partial charge in [0.05, 0.1) is 0 Å². The lowest BCUT2D eigenvalue weighted by Gasteiger charge is -2.39. The fraction of sp³-hybridized carbons (Fsp3) is 0.650. The fourth-order valence-corrected chi connectivity index (χ4v) is 4.31. The molecule has 25 heavy (non-hydrogen) atoms. The molecule has 0 radical (unpaired) electrons. The number of nitrogens with zero attached hydrogens (tertiary/aromatic N) is 3. The van der Waals surface area contributed by atoms with Crippen LogP contribution in [0.25, 0.3) is 0 Å². The first-order valence-corrected chi connectivity index (χ1v) is 9.40. The molecule has 1 N–H and O–H groups in total. The van der Waals surface area contributed by atoms with Crippen LogP contribution in [0, 0.1) is 5.92 Å². The van der Waals surface area contributed by atoms with Crippen molar-refractivity contribution in [1.29, 1.82) is 0 Å². The van der Waals surface area contributed by atoms with E-state index < -0.39 is 0 Å². The molecule has 0 amide bonds. The van der Waals surface area contributed by atoms with Gasteiger partial charge in [-0.25, -0.2) is 0 Å². The summed E-state index contributed by atoms with van der Waals surface area (Å²) in [4.78, 5) is 9.45. The van der Waals surface area contributed by atoms with Crippen molar-refractivity contribution >= 4 is 29.9 Å². The van der Waals surface area contributed by atoms with Gasteiger partial charge >= 0.3 is 0 Å². The molecule has 5 heteroatoms. The maximum absolute atomic E-state index is 4.54. The summed E-state index contributed by atoms with van der Waals surface area (Å²) >= 11 is 0. The number of likely N-dealkylation sites (N-methyl/N-ethyl adjacent to an activating group) is 1. The van der Waals surface area contributed by atoms with E-state index >= 15 is 0 Å². The summed E-state index contributed by atoms with van der Waals surface area (Å²) in [6.07, 6.45) is 3.82. The lowest BCUT2D eigenvalue weighted by molar-refractivity contribution is 0.232. The summed E-state index contributed by atoms with van der Waals surface area (Å²) in [6, 6.07) is 11.6. The Kier molecular flexibility index (Phi) is 8.00. The van der Waals surface area contributed by atoms with Crippen molar-refractivity contribution in [1.82, 2.24) is 15.1 Å². The Morgan fingerprint density at radius 1 is 1.20 bits per heavy atom. The SMILES string of the molecule is CN=C(NCC1CCCN1C)N1CCC(c2ccccc2)C(C)C1.I. The predicted molar refractivity (Wildman–Crippen MR) is 117 cm³/mol. The number of benzene rings is 1. The van der Waals surface area contributed by atoms with Crippen molar-refractivity contribution in [3.05, 3.63) is 35.9 Å². The minimum Gasteiger partial charge on any atom is -0.355 e. The second kappa shape index (κ2) is 9.76. The third kappa shape index (κ3) is 5.09. The van der Waals surface area contributed by atoms with Crippen LogP contribution in [0.1, 0.15) is 37.7 Å². The molecule has 2 heterocycles. The van der Waals surface area contributed by atoms with Crippen molar-refractivity contribution in [3.8, 4) is 0 Å². The number of guanidine groups is 1. The number of aliphatic imine (C=N–C) groups is 1. The van der Waals surface area contributed by atoms with Crippen molar-refractivity contribution in [2.24, 2.45) is 10.9 Å². The van der Waals surface area contributed by atoms with Crippen LogP contribution in [0.3, 0.4) is 0 Å². The van der Waals surface area contributed by atoms with E-state index in [0.29, 0.717) is 17.9 Å². The van der Waals surface area contributed by atoms with Crippen LogP contribution in [0.15, 0.2) is 35.3 Å². The summed E-state index contributed by atoms with van der Waals surface area (Å²) in [6.45, 7) is 6.78. The maximum Gasteiger partial charge on any atom is 0.193 e. The molecule has 4 nitrogen and oxygen atoms in total. The average Bonchev–Trinajstić information content (AvgIpc) is 3.01. The summed E-state index contributed by atoms with van der Waals surface area (Å²) < 4.78 is 0. The summed E-state index contributed by atoms with van der Waals surface area (Å²) in [5.74, 6) is 2.39. The maximum atomic E-state index is 4.54. The zero-order chi connectivity index (χ0) is 16.9. The van der Waals surface area contributed by atoms with Crippen LogP contribution < -0.4 is 5.32 Å². The molecule has 2 aliphatic rings. The average molecular weight is 456 g/mol. The standard InChI is InChI=1S/C20H32N4.HI/c1-16-15-24(13-11-19(16)17-8-5-4-6-9-17)20(21-2)22-14-18-10-7-12-23(18)3;/h4-6,8-9,16,18-19H,7,10-15H2,1-3H3,(H,21,22);1H. The quantitative estimate of drug-likeness (QED) is 0.430. The number of hydrogen-bond acceptors (Lipinski definition) is 2. The van der Waals surface area contributed by atoms with Gasteiger partial charge in [0.2, 0.25) is 0 Å². The fourth-order valence-electron chi connectivity index (χ4n) is 4.31. The normalized spacial score (nSPS) is 27.9. The Hall–Kier alpha value is -0.820. The van der Waals surface area contributed by atoms with E-state index in [1.165, 1.54) is 31.4 Å². The van der Waals surface area contributed by atoms with Gasteiger partial charge in [-0.2, -0.15) is 0 Å². The third-order valence-corrected chi connectivity index (χ3v) is 5.81. The first kappa shape index (κ1) is 20.5. The number of nitrogens with one attached hydrogen (secondary N) is 1. The van der Waals surface area contributed by atoms with Gasteiger partial charge in [0, 0.05) is 32.7 Å². The molecule has 2 aliphatic heterocycles. The second-order valence-corrected chi connectivity index (χ2v) is 7.43. The number of likely N-dealkylation sites (tertiary alicyclic amines) is 2. The van der Waals surface area contributed by atoms with Crippen LogP contribution in [-0.4, -0.2) is 62.1 Å². The van der Waals surface area contributed by atoms with E-state index in [-0.39, 0.29) is 24.0 Å². The molecule has 1 aromatic rings. The van der Waals surface area contributed by atoms with E-state index in [4.69, 9.17) is 0 Å². The molecule has 1 aromatic carbocycles. The molecule has 3 unspecified atom stereocenters. The van der Waals surface area contributed by atoms with Gasteiger partial charge in [-0.3, -0.25) is 4.99 Å². The van der Waals surface area contributed by atoms with E-state index in [2.05, 4.69) is 64.4 Å². The van der Waals surface area contributed by atoms with Gasteiger partial charge < -0.3 is 15.1 Å². The number of hydrogen-bond donors (Lipinski definition) is 1. The molecule has 140 valence electrons. The Labute approximate surface area is 170 Å². The number of piperidine rings is 1. The minimum atomic E-state index is 0. The highest BCUT2D eigenvalue weighted by atomic mass is 127. The molecule has 0 bridgehead atoms. The largest absolute Gasteiger partial charge is 0.355 e. The zero-order valence-corrected chi connectivity index (χ0v) is 18.1. The zero-order valence-electron chi connectivity index (χ0n) is 15.8. The molecule has 3 rings (SSSR count). The molecular weight excluding hydrogens is 423 g/mol. The molecule has 2 fully saturated rings. The van der Waals surface area contributed by atoms with E-state index in [1.54, 1.807) is 0 Å². The molecule has 0 spiro atoms. The first-order valence-electron chi connectivity index (χ1n) is 9.40. The van der Waals surface area contributed by atoms with Crippen molar-refractivity contribution < 1.29 is 0 Å². The van der Waals surface area contributed by atoms with Gasteiger partial charge in [0.15, 0.2) is 5.96 Å². The topological polar surface area (TPSA) is 30.9 Å². The molecule has 0 aliphatic carbocycles. The van der Waals surface area contributed by atoms with Gasteiger partial charge in [-0.15, -0.1) is 24.0 Å². The summed E-state index contributed by atoms with van der Waals surface area (Å²) in [7, 11) is 4.14. The van der Waals surface area contributed by atoms with E-state index in [0.717, 1.165) is 25.6 Å². The monoisotopic (exact) mass is 456 g/mol. The van der Waals surface area contributed by atoms with Crippen LogP contribution in [0.2, 0.25) is 0 Å². The lowest BCUT2D eigenvalue weighted by atomic mass is 9.82. The van der Waals surface area contributed by atoms with Gasteiger partial charge in [-0.05, 0) is 50.3 Å².